The molecule has 0 spiro atoms. The number of hydrogen-bond acceptors (Lipinski definition) is 2. The van der Waals surface area contributed by atoms with Crippen molar-refractivity contribution in [1.82, 2.24) is 4.57 Å². The Morgan fingerprint density at radius 2 is 2.05 bits per heavy atom. The van der Waals surface area contributed by atoms with Crippen molar-refractivity contribution in [1.29, 1.82) is 5.26 Å². The highest BCUT2D eigenvalue weighted by Gasteiger charge is 2.27. The van der Waals surface area contributed by atoms with Crippen molar-refractivity contribution in [3.63, 3.8) is 0 Å². The highest BCUT2D eigenvalue weighted by molar-refractivity contribution is 5.73. The number of rotatable bonds is 2. The van der Waals surface area contributed by atoms with E-state index in [1.54, 1.807) is 4.57 Å². The second-order valence-corrected chi connectivity index (χ2v) is 5.49. The summed E-state index contributed by atoms with van der Waals surface area (Å²) >= 11 is 0. The molecule has 0 bridgehead atoms. The number of nitriles is 1. The molecule has 0 atom stereocenters. The largest absolute Gasteiger partial charge is 0.311 e. The van der Waals surface area contributed by atoms with E-state index in [-0.39, 0.29) is 11.1 Å². The summed E-state index contributed by atoms with van der Waals surface area (Å²) in [6.07, 6.45) is 3.97. The van der Waals surface area contributed by atoms with Crippen LogP contribution in [0.4, 0.5) is 0 Å². The normalized spacial score (nSPS) is 14.1. The average Bonchev–Trinajstić information content (AvgIpc) is 3.24. The number of aryl methyl sites for hydroxylation is 2. The summed E-state index contributed by atoms with van der Waals surface area (Å²) in [6, 6.07) is 10.3. The molecule has 2 aromatic rings. The predicted molar refractivity (Wildman–Crippen MR) is 78.6 cm³/mol. The highest BCUT2D eigenvalue weighted by Crippen LogP contribution is 2.35. The van der Waals surface area contributed by atoms with Gasteiger partial charge in [0.25, 0.3) is 5.56 Å². The molecule has 1 heterocycles. The van der Waals surface area contributed by atoms with Crippen LogP contribution in [0.5, 0.6) is 0 Å². The maximum Gasteiger partial charge on any atom is 0.269 e. The van der Waals surface area contributed by atoms with Crippen molar-refractivity contribution < 1.29 is 0 Å². The average molecular weight is 264 g/mol. The monoisotopic (exact) mass is 264 g/mol. The van der Waals surface area contributed by atoms with Crippen LogP contribution in [-0.4, -0.2) is 4.57 Å². The fourth-order valence-corrected chi connectivity index (χ4v) is 2.67. The zero-order chi connectivity index (χ0) is 14.3. The number of benzene rings is 1. The Bertz CT molecular complexity index is 777. The Labute approximate surface area is 118 Å². The lowest BCUT2D eigenvalue weighted by molar-refractivity contribution is 0.701. The number of pyridine rings is 1. The number of hydrogen-bond donors (Lipinski definition) is 0. The van der Waals surface area contributed by atoms with E-state index in [0.717, 1.165) is 35.1 Å². The van der Waals surface area contributed by atoms with Gasteiger partial charge in [0.2, 0.25) is 0 Å². The van der Waals surface area contributed by atoms with Gasteiger partial charge in [-0.15, -0.1) is 0 Å². The summed E-state index contributed by atoms with van der Waals surface area (Å²) < 4.78 is 1.73. The van der Waals surface area contributed by atoms with Gasteiger partial charge in [-0.05, 0) is 37.8 Å². The maximum absolute atomic E-state index is 12.5. The Morgan fingerprint density at radius 3 is 2.65 bits per heavy atom. The molecular weight excluding hydrogens is 248 g/mol. The molecule has 100 valence electrons. The smallest absolute Gasteiger partial charge is 0.269 e. The summed E-state index contributed by atoms with van der Waals surface area (Å²) in [4.78, 5) is 12.5. The van der Waals surface area contributed by atoms with Crippen molar-refractivity contribution >= 4 is 0 Å². The predicted octanol–water partition coefficient (Wildman–Crippen LogP) is 3.34. The molecule has 3 rings (SSSR count). The van der Waals surface area contributed by atoms with Gasteiger partial charge < -0.3 is 4.57 Å². The van der Waals surface area contributed by atoms with Crippen LogP contribution >= 0.6 is 0 Å². The molecule has 0 N–H and O–H groups in total. The molecule has 0 amide bonds. The minimum Gasteiger partial charge on any atom is -0.311 e. The van der Waals surface area contributed by atoms with E-state index in [2.05, 4.69) is 6.07 Å². The van der Waals surface area contributed by atoms with Crippen molar-refractivity contribution in [2.75, 3.05) is 0 Å². The molecule has 1 aliphatic carbocycles. The first-order valence-electron chi connectivity index (χ1n) is 6.84. The third-order valence-electron chi connectivity index (χ3n) is 3.78. The fourth-order valence-electron chi connectivity index (χ4n) is 2.67. The topological polar surface area (TPSA) is 45.8 Å². The molecule has 1 fully saturated rings. The molecule has 0 saturated heterocycles. The first-order valence-corrected chi connectivity index (χ1v) is 6.84. The Hall–Kier alpha value is -2.34. The summed E-state index contributed by atoms with van der Waals surface area (Å²) in [5.74, 6) is 0. The van der Waals surface area contributed by atoms with Crippen LogP contribution in [0.25, 0.3) is 11.1 Å². The van der Waals surface area contributed by atoms with Gasteiger partial charge in [0.1, 0.15) is 11.6 Å². The second-order valence-electron chi connectivity index (χ2n) is 5.49. The van der Waals surface area contributed by atoms with E-state index < -0.39 is 0 Å². The van der Waals surface area contributed by atoms with Crippen LogP contribution < -0.4 is 5.56 Å². The number of aromatic nitrogens is 1. The molecule has 1 aromatic carbocycles. The lowest BCUT2D eigenvalue weighted by atomic mass is 9.96. The lowest BCUT2D eigenvalue weighted by Gasteiger charge is -2.13. The van der Waals surface area contributed by atoms with Crippen LogP contribution in [0.3, 0.4) is 0 Å². The third-order valence-corrected chi connectivity index (χ3v) is 3.78. The summed E-state index contributed by atoms with van der Waals surface area (Å²) in [5, 5.41) is 9.42. The first kappa shape index (κ1) is 12.7. The van der Waals surface area contributed by atoms with Gasteiger partial charge in [0.15, 0.2) is 0 Å². The van der Waals surface area contributed by atoms with E-state index in [9.17, 15) is 10.1 Å². The highest BCUT2D eigenvalue weighted by atomic mass is 16.1. The SMILES string of the molecule is Cc1cccc(-c2c(C)cn(C3CC3)c(=O)c2C#N)c1. The van der Waals surface area contributed by atoms with Gasteiger partial charge in [-0.25, -0.2) is 0 Å². The van der Waals surface area contributed by atoms with Crippen molar-refractivity contribution in [2.24, 2.45) is 0 Å². The quantitative estimate of drug-likeness (QED) is 0.835. The van der Waals surface area contributed by atoms with E-state index in [4.69, 9.17) is 0 Å². The van der Waals surface area contributed by atoms with E-state index >= 15 is 0 Å². The van der Waals surface area contributed by atoms with Crippen LogP contribution in [0.15, 0.2) is 35.3 Å². The summed E-state index contributed by atoms with van der Waals surface area (Å²) in [6.45, 7) is 3.98. The molecule has 1 saturated carbocycles. The molecule has 0 unspecified atom stereocenters. The van der Waals surface area contributed by atoms with Gasteiger partial charge in [0, 0.05) is 17.8 Å². The van der Waals surface area contributed by atoms with Gasteiger partial charge in [-0.1, -0.05) is 29.8 Å². The van der Waals surface area contributed by atoms with Gasteiger partial charge in [0.05, 0.1) is 0 Å². The molecule has 0 aliphatic heterocycles. The molecular formula is C17H16N2O. The standard InChI is InChI=1S/C17H16N2O/c1-11-4-3-5-13(8-11)16-12(2)10-19(14-6-7-14)17(20)15(16)9-18/h3-5,8,10,14H,6-7H2,1-2H3. The van der Waals surface area contributed by atoms with Crippen LogP contribution in [0, 0.1) is 25.2 Å². The minimum absolute atomic E-state index is 0.155. The minimum atomic E-state index is -0.155. The van der Waals surface area contributed by atoms with E-state index in [1.807, 2.05) is 44.3 Å². The Kier molecular flexibility index (Phi) is 2.94. The Morgan fingerprint density at radius 1 is 1.30 bits per heavy atom. The molecule has 1 aliphatic rings. The van der Waals surface area contributed by atoms with Crippen LogP contribution in [0.1, 0.15) is 35.6 Å². The molecule has 3 nitrogen and oxygen atoms in total. The van der Waals surface area contributed by atoms with Crippen LogP contribution in [0.2, 0.25) is 0 Å². The lowest BCUT2D eigenvalue weighted by Crippen LogP contribution is -2.23. The van der Waals surface area contributed by atoms with Crippen molar-refractivity contribution in [3.8, 4) is 17.2 Å². The maximum atomic E-state index is 12.5. The molecule has 20 heavy (non-hydrogen) atoms. The Balaban J connectivity index is 2.28. The summed E-state index contributed by atoms with van der Waals surface area (Å²) in [5.41, 5.74) is 3.94. The number of nitrogens with zero attached hydrogens (tertiary/aromatic N) is 2. The second kappa shape index (κ2) is 4.64. The molecule has 0 radical (unpaired) electrons. The fraction of sp³-hybridized carbons (Fsp3) is 0.294. The zero-order valence-corrected chi connectivity index (χ0v) is 11.7. The van der Waals surface area contributed by atoms with Gasteiger partial charge in [-0.2, -0.15) is 5.26 Å². The zero-order valence-electron chi connectivity index (χ0n) is 11.7. The van der Waals surface area contributed by atoms with Gasteiger partial charge >= 0.3 is 0 Å². The molecule has 3 heteroatoms. The van der Waals surface area contributed by atoms with E-state index in [1.165, 1.54) is 0 Å². The van der Waals surface area contributed by atoms with Crippen molar-refractivity contribution in [3.05, 3.63) is 57.5 Å². The van der Waals surface area contributed by atoms with Crippen LogP contribution in [-0.2, 0) is 0 Å². The molecule has 1 aromatic heterocycles. The first-order chi connectivity index (χ1) is 9.61. The third kappa shape index (κ3) is 2.04. The summed E-state index contributed by atoms with van der Waals surface area (Å²) in [7, 11) is 0. The van der Waals surface area contributed by atoms with Gasteiger partial charge in [-0.3, -0.25) is 4.79 Å². The van der Waals surface area contributed by atoms with E-state index in [0.29, 0.717) is 6.04 Å². The van der Waals surface area contributed by atoms with Crippen molar-refractivity contribution in [2.45, 2.75) is 32.7 Å².